The van der Waals surface area contributed by atoms with Crippen molar-refractivity contribution in [2.24, 2.45) is 0 Å². The van der Waals surface area contributed by atoms with E-state index in [1.54, 1.807) is 19.2 Å². The van der Waals surface area contributed by atoms with E-state index in [1.165, 1.54) is 0 Å². The van der Waals surface area contributed by atoms with Crippen LogP contribution in [-0.2, 0) is 4.74 Å². The van der Waals surface area contributed by atoms with Crippen LogP contribution < -0.4 is 10.1 Å². The third kappa shape index (κ3) is 4.93. The fraction of sp³-hybridized carbons (Fsp3) is 0.500. The zero-order valence-electron chi connectivity index (χ0n) is 10.3. The lowest BCUT2D eigenvalue weighted by Crippen LogP contribution is -2.19. The molecule has 1 rings (SSSR count). The first-order valence-electron chi connectivity index (χ1n) is 5.53. The number of benzene rings is 1. The molecule has 1 aromatic rings. The molecule has 0 aliphatic heterocycles. The molecule has 6 heteroatoms. The fourth-order valence-corrected chi connectivity index (χ4v) is 1.43. The number of ether oxygens (including phenoxy) is 2. The van der Waals surface area contributed by atoms with Gasteiger partial charge < -0.3 is 10.1 Å². The molecule has 1 atom stereocenters. The number of para-hydroxylation sites is 1. The van der Waals surface area contributed by atoms with Crippen molar-refractivity contribution >= 4 is 0 Å². The van der Waals surface area contributed by atoms with Crippen molar-refractivity contribution in [3.63, 3.8) is 0 Å². The van der Waals surface area contributed by atoms with Crippen molar-refractivity contribution in [2.75, 3.05) is 20.3 Å². The van der Waals surface area contributed by atoms with Gasteiger partial charge >= 0.3 is 6.36 Å². The first kappa shape index (κ1) is 14.8. The molecule has 0 amide bonds. The minimum atomic E-state index is -4.61. The van der Waals surface area contributed by atoms with Crippen LogP contribution in [0, 0.1) is 0 Å². The summed E-state index contributed by atoms with van der Waals surface area (Å²) in [5.41, 5.74) is 0.895. The third-order valence-electron chi connectivity index (χ3n) is 2.43. The quantitative estimate of drug-likeness (QED) is 0.800. The Morgan fingerprint density at radius 1 is 1.22 bits per heavy atom. The van der Waals surface area contributed by atoms with Crippen LogP contribution >= 0.6 is 0 Å². The van der Waals surface area contributed by atoms with E-state index >= 15 is 0 Å². The van der Waals surface area contributed by atoms with Gasteiger partial charge in [-0.2, -0.15) is 0 Å². The summed E-state index contributed by atoms with van der Waals surface area (Å²) < 4.78 is 44.2. The van der Waals surface area contributed by atoms with Gasteiger partial charge in [0.1, 0.15) is 12.4 Å². The van der Waals surface area contributed by atoms with Crippen molar-refractivity contribution in [3.05, 3.63) is 29.8 Å². The lowest BCUT2D eigenvalue weighted by Gasteiger charge is -2.16. The van der Waals surface area contributed by atoms with E-state index in [2.05, 4.69) is 10.1 Å². The first-order chi connectivity index (χ1) is 8.44. The van der Waals surface area contributed by atoms with Crippen molar-refractivity contribution in [2.45, 2.75) is 19.3 Å². The molecular formula is C12H16F3NO2. The highest BCUT2D eigenvalue weighted by Gasteiger charge is 2.28. The Morgan fingerprint density at radius 2 is 1.89 bits per heavy atom. The van der Waals surface area contributed by atoms with E-state index in [9.17, 15) is 13.2 Å². The Hall–Kier alpha value is -1.27. The zero-order valence-corrected chi connectivity index (χ0v) is 10.3. The number of hydrogen-bond donors (Lipinski definition) is 1. The Bertz CT molecular complexity index is 369. The van der Waals surface area contributed by atoms with Crippen molar-refractivity contribution in [3.8, 4) is 5.75 Å². The maximum Gasteiger partial charge on any atom is 0.522 e. The highest BCUT2D eigenvalue weighted by Crippen LogP contribution is 2.24. The molecule has 0 radical (unpaired) electrons. The molecule has 1 N–H and O–H groups in total. The first-order valence-corrected chi connectivity index (χ1v) is 5.53. The minimum absolute atomic E-state index is 0.0599. The average molecular weight is 263 g/mol. The Kier molecular flexibility index (Phi) is 5.43. The van der Waals surface area contributed by atoms with Crippen LogP contribution in [-0.4, -0.2) is 26.6 Å². The highest BCUT2D eigenvalue weighted by molar-refractivity contribution is 5.35. The maximum atomic E-state index is 11.8. The second-order valence-electron chi connectivity index (χ2n) is 3.69. The van der Waals surface area contributed by atoms with Gasteiger partial charge in [0.25, 0.3) is 0 Å². The molecular weight excluding hydrogens is 247 g/mol. The van der Waals surface area contributed by atoms with Crippen molar-refractivity contribution in [1.82, 2.24) is 5.32 Å². The largest absolute Gasteiger partial charge is 0.522 e. The predicted molar refractivity (Wildman–Crippen MR) is 61.4 cm³/mol. The van der Waals surface area contributed by atoms with Gasteiger partial charge in [0, 0.05) is 11.6 Å². The van der Waals surface area contributed by atoms with Crippen LogP contribution in [0.15, 0.2) is 24.3 Å². The maximum absolute atomic E-state index is 11.8. The molecule has 0 aliphatic rings. The summed E-state index contributed by atoms with van der Waals surface area (Å²) in [6, 6.07) is 7.26. The summed E-state index contributed by atoms with van der Waals surface area (Å²) in [6.07, 6.45) is -4.61. The standard InChI is InChI=1S/C12H16F3NO2/c1-9(16-2)10-5-3-4-6-11(10)17-7-8-18-12(13,14)15/h3-6,9,16H,7-8H2,1-2H3. The monoisotopic (exact) mass is 263 g/mol. The molecule has 1 unspecified atom stereocenters. The normalized spacial score (nSPS) is 13.4. The number of halogens is 3. The molecule has 0 aromatic heterocycles. The van der Waals surface area contributed by atoms with Crippen LogP contribution in [0.3, 0.4) is 0 Å². The molecule has 0 saturated heterocycles. The van der Waals surface area contributed by atoms with E-state index in [1.807, 2.05) is 19.1 Å². The van der Waals surface area contributed by atoms with Crippen LogP contribution in [0.25, 0.3) is 0 Å². The van der Waals surface area contributed by atoms with E-state index in [0.717, 1.165) is 5.56 Å². The summed E-state index contributed by atoms with van der Waals surface area (Å²) >= 11 is 0. The van der Waals surface area contributed by atoms with Gasteiger partial charge in [0.05, 0.1) is 6.61 Å². The van der Waals surface area contributed by atoms with E-state index in [0.29, 0.717) is 5.75 Å². The molecule has 0 spiro atoms. The van der Waals surface area contributed by atoms with Gasteiger partial charge in [-0.1, -0.05) is 18.2 Å². The molecule has 0 fully saturated rings. The second-order valence-corrected chi connectivity index (χ2v) is 3.69. The molecule has 18 heavy (non-hydrogen) atoms. The van der Waals surface area contributed by atoms with Gasteiger partial charge in [-0.25, -0.2) is 0 Å². The van der Waals surface area contributed by atoms with Crippen molar-refractivity contribution in [1.29, 1.82) is 0 Å². The SMILES string of the molecule is CNC(C)c1ccccc1OCCOC(F)(F)F. The summed E-state index contributed by atoms with van der Waals surface area (Å²) in [7, 11) is 1.80. The van der Waals surface area contributed by atoms with Crippen LogP contribution in [0.5, 0.6) is 5.75 Å². The number of alkyl halides is 3. The van der Waals surface area contributed by atoms with Gasteiger partial charge in [-0.05, 0) is 20.0 Å². The molecule has 1 aromatic carbocycles. The number of hydrogen-bond acceptors (Lipinski definition) is 3. The van der Waals surface area contributed by atoms with Crippen LogP contribution in [0.2, 0.25) is 0 Å². The minimum Gasteiger partial charge on any atom is -0.491 e. The number of rotatable bonds is 6. The predicted octanol–water partition coefficient (Wildman–Crippen LogP) is 2.88. The second kappa shape index (κ2) is 6.61. The van der Waals surface area contributed by atoms with E-state index in [-0.39, 0.29) is 12.6 Å². The van der Waals surface area contributed by atoms with E-state index < -0.39 is 13.0 Å². The van der Waals surface area contributed by atoms with Gasteiger partial charge in [0.2, 0.25) is 0 Å². The van der Waals surface area contributed by atoms with Gasteiger partial charge in [-0.15, -0.1) is 13.2 Å². The summed E-state index contributed by atoms with van der Waals surface area (Å²) in [5.74, 6) is 0.560. The van der Waals surface area contributed by atoms with Crippen LogP contribution in [0.4, 0.5) is 13.2 Å². The molecule has 0 heterocycles. The van der Waals surface area contributed by atoms with E-state index in [4.69, 9.17) is 4.74 Å². The molecule has 0 aliphatic carbocycles. The third-order valence-corrected chi connectivity index (χ3v) is 2.43. The molecule has 102 valence electrons. The lowest BCUT2D eigenvalue weighted by molar-refractivity contribution is -0.325. The molecule has 0 bridgehead atoms. The Labute approximate surface area is 104 Å². The fourth-order valence-electron chi connectivity index (χ4n) is 1.43. The Balaban J connectivity index is 2.52. The summed E-state index contributed by atoms with van der Waals surface area (Å²) in [5, 5.41) is 3.05. The molecule has 0 saturated carbocycles. The number of nitrogens with one attached hydrogen (secondary N) is 1. The summed E-state index contributed by atoms with van der Waals surface area (Å²) in [6.45, 7) is 1.27. The summed E-state index contributed by atoms with van der Waals surface area (Å²) in [4.78, 5) is 0. The highest BCUT2D eigenvalue weighted by atomic mass is 19.4. The smallest absolute Gasteiger partial charge is 0.491 e. The average Bonchev–Trinajstić information content (AvgIpc) is 2.33. The van der Waals surface area contributed by atoms with Crippen LogP contribution in [0.1, 0.15) is 18.5 Å². The van der Waals surface area contributed by atoms with Gasteiger partial charge in [0.15, 0.2) is 0 Å². The topological polar surface area (TPSA) is 30.5 Å². The lowest BCUT2D eigenvalue weighted by atomic mass is 10.1. The zero-order chi connectivity index (χ0) is 13.6. The Morgan fingerprint density at radius 3 is 2.50 bits per heavy atom. The van der Waals surface area contributed by atoms with Gasteiger partial charge in [-0.3, -0.25) is 4.74 Å². The van der Waals surface area contributed by atoms with Crippen molar-refractivity contribution < 1.29 is 22.6 Å². The molecule has 3 nitrogen and oxygen atoms in total.